The van der Waals surface area contributed by atoms with E-state index in [1.807, 2.05) is 0 Å². The first-order chi connectivity index (χ1) is 5.57. The van der Waals surface area contributed by atoms with Crippen molar-refractivity contribution < 1.29 is 4.79 Å². The molecule has 1 aromatic rings. The third kappa shape index (κ3) is 1.13. The third-order valence-electron chi connectivity index (χ3n) is 1.79. The maximum Gasteiger partial charge on any atom is 0.271 e. The second-order valence-corrected chi connectivity index (χ2v) is 2.53. The molecule has 0 unspecified atom stereocenters. The van der Waals surface area contributed by atoms with Gasteiger partial charge in [0.25, 0.3) is 5.91 Å². The Hall–Kier alpha value is -1.52. The molecule has 66 valence electrons. The number of nitrogens with one attached hydrogen (secondary N) is 1. The summed E-state index contributed by atoms with van der Waals surface area (Å²) in [6, 6.07) is 0. The number of amides is 1. The van der Waals surface area contributed by atoms with E-state index >= 15 is 0 Å². The number of nitrogen functional groups attached to an aromatic ring is 1. The maximum absolute atomic E-state index is 11.2. The average molecular weight is 168 g/mol. The van der Waals surface area contributed by atoms with Gasteiger partial charge in [0.15, 0.2) is 11.5 Å². The predicted octanol–water partition coefficient (Wildman–Crippen LogP) is -0.330. The highest BCUT2D eigenvalue weighted by molar-refractivity contribution is 5.96. The van der Waals surface area contributed by atoms with Gasteiger partial charge >= 0.3 is 0 Å². The molecule has 5 heteroatoms. The Morgan fingerprint density at radius 3 is 2.58 bits per heavy atom. The Kier molecular flexibility index (Phi) is 2.03. The van der Waals surface area contributed by atoms with Gasteiger partial charge in [-0.05, 0) is 6.92 Å². The summed E-state index contributed by atoms with van der Waals surface area (Å²) in [7, 11) is 3.31. The number of hydrogen-bond acceptors (Lipinski definition) is 3. The van der Waals surface area contributed by atoms with Crippen molar-refractivity contribution in [2.75, 3.05) is 12.8 Å². The smallest absolute Gasteiger partial charge is 0.271 e. The normalized spacial score (nSPS) is 9.92. The first-order valence-electron chi connectivity index (χ1n) is 3.58. The van der Waals surface area contributed by atoms with Crippen LogP contribution in [0.1, 0.15) is 16.3 Å². The van der Waals surface area contributed by atoms with Crippen LogP contribution in [0.15, 0.2) is 0 Å². The number of nitrogens with two attached hydrogens (primary N) is 1. The van der Waals surface area contributed by atoms with Gasteiger partial charge in [0.1, 0.15) is 5.82 Å². The fraction of sp³-hybridized carbons (Fsp3) is 0.429. The largest absolute Gasteiger partial charge is 0.382 e. The van der Waals surface area contributed by atoms with Gasteiger partial charge in [0, 0.05) is 14.1 Å². The zero-order valence-corrected chi connectivity index (χ0v) is 7.38. The molecule has 0 fully saturated rings. The van der Waals surface area contributed by atoms with E-state index < -0.39 is 0 Å². The van der Waals surface area contributed by atoms with Gasteiger partial charge in [-0.1, -0.05) is 0 Å². The minimum Gasteiger partial charge on any atom is -0.382 e. The zero-order chi connectivity index (χ0) is 9.30. The lowest BCUT2D eigenvalue weighted by molar-refractivity contribution is 0.0956. The van der Waals surface area contributed by atoms with Crippen LogP contribution in [0.5, 0.6) is 0 Å². The summed E-state index contributed by atoms with van der Waals surface area (Å²) in [4.78, 5) is 15.2. The van der Waals surface area contributed by atoms with E-state index in [1.165, 1.54) is 0 Å². The van der Waals surface area contributed by atoms with E-state index in [0.717, 1.165) is 5.82 Å². The number of anilines is 1. The molecule has 1 amide bonds. The summed E-state index contributed by atoms with van der Waals surface area (Å²) in [5, 5.41) is 2.50. The van der Waals surface area contributed by atoms with E-state index in [0.29, 0.717) is 5.69 Å². The predicted molar refractivity (Wildman–Crippen MR) is 45.7 cm³/mol. The van der Waals surface area contributed by atoms with Crippen LogP contribution < -0.4 is 11.1 Å². The van der Waals surface area contributed by atoms with Gasteiger partial charge in [-0.2, -0.15) is 0 Å². The van der Waals surface area contributed by atoms with Gasteiger partial charge in [-0.3, -0.25) is 4.79 Å². The number of carbonyl (C=O) groups is 1. The molecule has 0 atom stereocenters. The van der Waals surface area contributed by atoms with E-state index in [2.05, 4.69) is 10.3 Å². The molecule has 1 heterocycles. The Bertz CT molecular complexity index is 315. The molecule has 5 nitrogen and oxygen atoms in total. The Morgan fingerprint density at radius 1 is 1.67 bits per heavy atom. The van der Waals surface area contributed by atoms with Crippen molar-refractivity contribution in [1.82, 2.24) is 14.9 Å². The first-order valence-corrected chi connectivity index (χ1v) is 3.58. The second-order valence-electron chi connectivity index (χ2n) is 2.53. The van der Waals surface area contributed by atoms with Crippen LogP contribution in [0.3, 0.4) is 0 Å². The number of nitrogens with zero attached hydrogens (tertiary/aromatic N) is 2. The molecule has 0 spiro atoms. The SMILES string of the molecule is CNC(=O)c1c(N)nc(C)n1C. The Morgan fingerprint density at radius 2 is 2.25 bits per heavy atom. The quantitative estimate of drug-likeness (QED) is 0.603. The van der Waals surface area contributed by atoms with Crippen LogP contribution in [0.25, 0.3) is 0 Å². The average Bonchev–Trinajstić information content (AvgIpc) is 2.26. The minimum atomic E-state index is -0.212. The van der Waals surface area contributed by atoms with Crippen molar-refractivity contribution in [3.8, 4) is 0 Å². The van der Waals surface area contributed by atoms with Gasteiger partial charge in [0.05, 0.1) is 0 Å². The summed E-state index contributed by atoms with van der Waals surface area (Å²) >= 11 is 0. The van der Waals surface area contributed by atoms with E-state index in [9.17, 15) is 4.79 Å². The molecule has 0 bridgehead atoms. The molecular weight excluding hydrogens is 156 g/mol. The summed E-state index contributed by atoms with van der Waals surface area (Å²) < 4.78 is 1.66. The number of rotatable bonds is 1. The van der Waals surface area contributed by atoms with Crippen LogP contribution >= 0.6 is 0 Å². The Labute approximate surface area is 70.6 Å². The Balaban J connectivity index is 3.22. The molecule has 0 aliphatic carbocycles. The highest BCUT2D eigenvalue weighted by atomic mass is 16.1. The van der Waals surface area contributed by atoms with E-state index in [-0.39, 0.29) is 11.7 Å². The first kappa shape index (κ1) is 8.58. The summed E-state index contributed by atoms with van der Waals surface area (Å²) in [5.41, 5.74) is 5.94. The maximum atomic E-state index is 11.2. The lowest BCUT2D eigenvalue weighted by Gasteiger charge is -2.01. The topological polar surface area (TPSA) is 72.9 Å². The van der Waals surface area contributed by atoms with Crippen LogP contribution in [0.2, 0.25) is 0 Å². The molecule has 0 aromatic carbocycles. The highest BCUT2D eigenvalue weighted by Crippen LogP contribution is 2.10. The number of imidazole rings is 1. The number of carbonyl (C=O) groups excluding carboxylic acids is 1. The molecule has 0 saturated carbocycles. The van der Waals surface area contributed by atoms with Gasteiger partial charge in [-0.25, -0.2) is 4.98 Å². The van der Waals surface area contributed by atoms with Crippen molar-refractivity contribution in [3.05, 3.63) is 11.5 Å². The second kappa shape index (κ2) is 2.84. The monoisotopic (exact) mass is 168 g/mol. The van der Waals surface area contributed by atoms with Gasteiger partial charge < -0.3 is 15.6 Å². The summed E-state index contributed by atoms with van der Waals surface area (Å²) in [5.74, 6) is 0.788. The van der Waals surface area contributed by atoms with Crippen molar-refractivity contribution in [1.29, 1.82) is 0 Å². The van der Waals surface area contributed by atoms with Gasteiger partial charge in [-0.15, -0.1) is 0 Å². The lowest BCUT2D eigenvalue weighted by Crippen LogP contribution is -2.22. The van der Waals surface area contributed by atoms with Crippen molar-refractivity contribution in [2.45, 2.75) is 6.92 Å². The highest BCUT2D eigenvalue weighted by Gasteiger charge is 2.15. The molecule has 1 aromatic heterocycles. The van der Waals surface area contributed by atoms with Crippen molar-refractivity contribution in [3.63, 3.8) is 0 Å². The fourth-order valence-corrected chi connectivity index (χ4v) is 1.02. The molecule has 0 aliphatic heterocycles. The van der Waals surface area contributed by atoms with Crippen molar-refractivity contribution in [2.24, 2.45) is 7.05 Å². The molecule has 3 N–H and O–H groups in total. The van der Waals surface area contributed by atoms with Gasteiger partial charge in [0.2, 0.25) is 0 Å². The molecule has 0 saturated heterocycles. The van der Waals surface area contributed by atoms with Crippen molar-refractivity contribution >= 4 is 11.7 Å². The van der Waals surface area contributed by atoms with E-state index in [1.54, 1.807) is 25.6 Å². The molecule has 12 heavy (non-hydrogen) atoms. The summed E-state index contributed by atoms with van der Waals surface area (Å²) in [6.07, 6.45) is 0. The third-order valence-corrected chi connectivity index (χ3v) is 1.79. The summed E-state index contributed by atoms with van der Waals surface area (Å²) in [6.45, 7) is 1.79. The number of aryl methyl sites for hydroxylation is 1. The molecule has 0 radical (unpaired) electrons. The minimum absolute atomic E-state index is 0.212. The fourth-order valence-electron chi connectivity index (χ4n) is 1.02. The van der Waals surface area contributed by atoms with Crippen LogP contribution in [-0.2, 0) is 7.05 Å². The van der Waals surface area contributed by atoms with Crippen LogP contribution in [0, 0.1) is 6.92 Å². The molecule has 1 rings (SSSR count). The van der Waals surface area contributed by atoms with Crippen LogP contribution in [0.4, 0.5) is 5.82 Å². The van der Waals surface area contributed by atoms with Crippen LogP contribution in [-0.4, -0.2) is 22.5 Å². The van der Waals surface area contributed by atoms with E-state index in [4.69, 9.17) is 5.73 Å². The number of hydrogen-bond donors (Lipinski definition) is 2. The molecular formula is C7H12N4O. The lowest BCUT2D eigenvalue weighted by atomic mass is 10.4. The molecule has 0 aliphatic rings. The zero-order valence-electron chi connectivity index (χ0n) is 7.38. The standard InChI is InChI=1S/C7H12N4O/c1-4-10-6(8)5(11(4)3)7(12)9-2/h8H2,1-3H3,(H,9,12). The number of aromatic nitrogens is 2.